The maximum atomic E-state index is 13.1. The first kappa shape index (κ1) is 15.5. The molecule has 0 saturated heterocycles. The fourth-order valence-electron chi connectivity index (χ4n) is 2.15. The van der Waals surface area contributed by atoms with Gasteiger partial charge in [0.2, 0.25) is 0 Å². The van der Waals surface area contributed by atoms with E-state index in [0.29, 0.717) is 0 Å². The molecular weight excluding hydrogens is 330 g/mol. The molecule has 3 aromatic rings. The van der Waals surface area contributed by atoms with Gasteiger partial charge in [0.25, 0.3) is 0 Å². The highest BCUT2D eigenvalue weighted by Gasteiger charge is 2.23. The Morgan fingerprint density at radius 1 is 0.682 bits per heavy atom. The molecule has 0 spiro atoms. The van der Waals surface area contributed by atoms with Gasteiger partial charge in [-0.15, -0.1) is 0 Å². The average Bonchev–Trinajstić information content (AvgIpc) is 2.58. The number of halogens is 1. The molecule has 0 aliphatic carbocycles. The van der Waals surface area contributed by atoms with Crippen LogP contribution in [0.5, 0.6) is 0 Å². The lowest BCUT2D eigenvalue weighted by Gasteiger charge is -2.22. The van der Waals surface area contributed by atoms with Crippen LogP contribution in [0.15, 0.2) is 89.8 Å². The molecule has 22 heavy (non-hydrogen) atoms. The van der Waals surface area contributed by atoms with Crippen LogP contribution in [-0.2, 0) is 11.8 Å². The lowest BCUT2D eigenvalue weighted by molar-refractivity contribution is 0.626. The topological polar surface area (TPSA) is 0 Å². The van der Waals surface area contributed by atoms with Crippen molar-refractivity contribution in [3.8, 4) is 0 Å². The van der Waals surface area contributed by atoms with E-state index >= 15 is 0 Å². The van der Waals surface area contributed by atoms with Crippen LogP contribution in [0.1, 0.15) is 0 Å². The maximum Gasteiger partial charge on any atom is 0.123 e. The first-order valence-corrected chi connectivity index (χ1v) is 11.1. The Labute approximate surface area is 139 Å². The van der Waals surface area contributed by atoms with Crippen molar-refractivity contribution in [3.63, 3.8) is 0 Å². The van der Waals surface area contributed by atoms with E-state index < -0.39 is 5.24 Å². The molecule has 0 amide bonds. The van der Waals surface area contributed by atoms with Crippen LogP contribution in [0.25, 0.3) is 0 Å². The van der Waals surface area contributed by atoms with Gasteiger partial charge in [-0.2, -0.15) is 0 Å². The lowest BCUT2D eigenvalue weighted by Crippen LogP contribution is -2.12. The summed E-state index contributed by atoms with van der Waals surface area (Å²) in [5.41, 5.74) is 0. The Kier molecular flexibility index (Phi) is 4.77. The van der Waals surface area contributed by atoms with Crippen LogP contribution in [-0.4, -0.2) is 0 Å². The molecule has 0 heterocycles. The normalized spacial score (nSPS) is 11.3. The summed E-state index contributed by atoms with van der Waals surface area (Å²) in [5.74, 6) is -0.225. The Hall–Kier alpha value is -1.41. The molecule has 0 unspecified atom stereocenters. The van der Waals surface area contributed by atoms with Gasteiger partial charge in [0.15, 0.2) is 0 Å². The Morgan fingerprint density at radius 2 is 1.14 bits per heavy atom. The zero-order chi connectivity index (χ0) is 15.4. The predicted molar refractivity (Wildman–Crippen MR) is 98.7 cm³/mol. The van der Waals surface area contributed by atoms with Crippen molar-refractivity contribution in [1.82, 2.24) is 0 Å². The fourth-order valence-corrected chi connectivity index (χ4v) is 8.46. The van der Waals surface area contributed by atoms with Crippen molar-refractivity contribution in [1.29, 1.82) is 0 Å². The van der Waals surface area contributed by atoms with E-state index in [-0.39, 0.29) is 5.82 Å². The SMILES string of the molecule is Fc1ccc(SP(=S)(c2ccccc2)c2ccccc2)cc1. The van der Waals surface area contributed by atoms with Crippen molar-refractivity contribution in [2.24, 2.45) is 0 Å². The van der Waals surface area contributed by atoms with Crippen LogP contribution >= 0.6 is 16.6 Å². The molecular formula is C18H14FPS2. The van der Waals surface area contributed by atoms with Crippen LogP contribution in [0.4, 0.5) is 4.39 Å². The molecule has 0 bridgehead atoms. The van der Waals surface area contributed by atoms with E-state index in [0.717, 1.165) is 15.5 Å². The summed E-state index contributed by atoms with van der Waals surface area (Å²) in [6, 6.07) is 27.0. The maximum absolute atomic E-state index is 13.1. The standard InChI is InChI=1S/C18H14FPS2/c19-15-11-13-18(14-12-15)22-20(21,16-7-3-1-4-8-16)17-9-5-2-6-10-17/h1-14H. The highest BCUT2D eigenvalue weighted by Crippen LogP contribution is 2.59. The van der Waals surface area contributed by atoms with Gasteiger partial charge in [0.1, 0.15) is 5.82 Å². The second-order valence-electron chi connectivity index (χ2n) is 4.77. The smallest absolute Gasteiger partial charge is 0.123 e. The molecule has 0 aromatic heterocycles. The number of benzene rings is 3. The molecule has 0 radical (unpaired) electrons. The summed E-state index contributed by atoms with van der Waals surface area (Å²) < 4.78 is 13.1. The van der Waals surface area contributed by atoms with Crippen LogP contribution in [0.2, 0.25) is 0 Å². The van der Waals surface area contributed by atoms with E-state index in [1.165, 1.54) is 12.1 Å². The van der Waals surface area contributed by atoms with Crippen molar-refractivity contribution < 1.29 is 4.39 Å². The van der Waals surface area contributed by atoms with Gasteiger partial charge in [-0.05, 0) is 34.9 Å². The molecule has 0 aliphatic heterocycles. The monoisotopic (exact) mass is 344 g/mol. The van der Waals surface area contributed by atoms with E-state index in [1.54, 1.807) is 23.5 Å². The summed E-state index contributed by atoms with van der Waals surface area (Å²) in [4.78, 5) is 0.998. The molecule has 0 aliphatic rings. The third-order valence-electron chi connectivity index (χ3n) is 3.24. The number of hydrogen-bond donors (Lipinski definition) is 0. The van der Waals surface area contributed by atoms with E-state index in [4.69, 9.17) is 11.8 Å². The van der Waals surface area contributed by atoms with Crippen molar-refractivity contribution >= 4 is 39.0 Å². The van der Waals surface area contributed by atoms with Gasteiger partial charge in [0, 0.05) is 4.90 Å². The third-order valence-corrected chi connectivity index (χ3v) is 10.5. The summed E-state index contributed by atoms with van der Waals surface area (Å²) >= 11 is 7.80. The van der Waals surface area contributed by atoms with Crippen LogP contribution < -0.4 is 10.6 Å². The fraction of sp³-hybridized carbons (Fsp3) is 0. The number of rotatable bonds is 4. The largest absolute Gasteiger partial charge is 0.207 e. The Bertz CT molecular complexity index is 743. The van der Waals surface area contributed by atoms with Crippen molar-refractivity contribution in [2.75, 3.05) is 0 Å². The minimum Gasteiger partial charge on any atom is -0.207 e. The summed E-state index contributed by atoms with van der Waals surface area (Å²) in [6.07, 6.45) is 0. The Morgan fingerprint density at radius 3 is 1.59 bits per heavy atom. The average molecular weight is 344 g/mol. The molecule has 4 heteroatoms. The van der Waals surface area contributed by atoms with Gasteiger partial charge in [-0.3, -0.25) is 0 Å². The zero-order valence-corrected chi connectivity index (χ0v) is 14.3. The second-order valence-corrected chi connectivity index (χ2v) is 12.1. The molecule has 110 valence electrons. The molecule has 0 N–H and O–H groups in total. The molecule has 0 fully saturated rings. The van der Waals surface area contributed by atoms with Gasteiger partial charge in [-0.25, -0.2) is 4.39 Å². The minimum atomic E-state index is -2.03. The summed E-state index contributed by atoms with van der Waals surface area (Å²) in [6.45, 7) is 0. The molecule has 0 saturated carbocycles. The zero-order valence-electron chi connectivity index (χ0n) is 11.7. The van der Waals surface area contributed by atoms with E-state index in [9.17, 15) is 4.39 Å². The lowest BCUT2D eigenvalue weighted by atomic mass is 10.4. The van der Waals surface area contributed by atoms with Gasteiger partial charge < -0.3 is 0 Å². The quantitative estimate of drug-likeness (QED) is 0.613. The second kappa shape index (κ2) is 6.78. The number of hydrogen-bond acceptors (Lipinski definition) is 2. The van der Waals surface area contributed by atoms with Crippen LogP contribution in [0, 0.1) is 5.82 Å². The highest BCUT2D eigenvalue weighted by molar-refractivity contribution is 8.75. The molecule has 0 nitrogen and oxygen atoms in total. The first-order valence-electron chi connectivity index (χ1n) is 6.85. The predicted octanol–water partition coefficient (Wildman–Crippen LogP) is 4.96. The summed E-state index contributed by atoms with van der Waals surface area (Å²) in [7, 11) is 0. The van der Waals surface area contributed by atoms with Gasteiger partial charge in [-0.1, -0.05) is 83.9 Å². The first-order chi connectivity index (χ1) is 10.7. The molecule has 0 atom stereocenters. The van der Waals surface area contributed by atoms with Crippen molar-refractivity contribution in [2.45, 2.75) is 4.90 Å². The third kappa shape index (κ3) is 3.33. The molecule has 3 rings (SSSR count). The Balaban J connectivity index is 2.08. The van der Waals surface area contributed by atoms with E-state index in [1.807, 2.05) is 36.4 Å². The minimum absolute atomic E-state index is 0.225. The van der Waals surface area contributed by atoms with Gasteiger partial charge in [0.05, 0.1) is 5.24 Å². The van der Waals surface area contributed by atoms with Crippen molar-refractivity contribution in [3.05, 3.63) is 90.7 Å². The van der Waals surface area contributed by atoms with E-state index in [2.05, 4.69) is 24.3 Å². The highest BCUT2D eigenvalue weighted by atomic mass is 32.9. The van der Waals surface area contributed by atoms with Crippen LogP contribution in [0.3, 0.4) is 0 Å². The van der Waals surface area contributed by atoms with Gasteiger partial charge >= 0.3 is 0 Å². The summed E-state index contributed by atoms with van der Waals surface area (Å²) in [5, 5.41) is 0.282. The molecule has 3 aromatic carbocycles.